The van der Waals surface area contributed by atoms with Gasteiger partial charge < -0.3 is 15.2 Å². The van der Waals surface area contributed by atoms with Gasteiger partial charge in [0.15, 0.2) is 0 Å². The lowest BCUT2D eigenvalue weighted by molar-refractivity contribution is 0.0695. The molecule has 2 N–H and O–H groups in total. The molecule has 4 aromatic rings. The molecular formula is C26H22N4O4. The van der Waals surface area contributed by atoms with Gasteiger partial charge in [-0.1, -0.05) is 30.3 Å². The predicted molar refractivity (Wildman–Crippen MR) is 127 cm³/mol. The lowest BCUT2D eigenvalue weighted by Crippen LogP contribution is -2.14. The normalized spacial score (nSPS) is 10.5. The van der Waals surface area contributed by atoms with Gasteiger partial charge in [0.05, 0.1) is 36.0 Å². The molecule has 0 radical (unpaired) electrons. The Labute approximate surface area is 196 Å². The molecule has 4 rings (SSSR count). The minimum absolute atomic E-state index is 0.0697. The first-order valence-electron chi connectivity index (χ1n) is 10.6. The molecule has 0 aliphatic heterocycles. The maximum Gasteiger partial charge on any atom is 0.337 e. The molecule has 0 fully saturated rings. The number of ether oxygens (including phenoxy) is 1. The van der Waals surface area contributed by atoms with Gasteiger partial charge in [0.25, 0.3) is 5.91 Å². The first-order valence-corrected chi connectivity index (χ1v) is 10.6. The van der Waals surface area contributed by atoms with Crippen molar-refractivity contribution in [3.05, 3.63) is 102 Å². The second-order valence-electron chi connectivity index (χ2n) is 7.51. The fraction of sp³-hybridized carbons (Fsp3) is 0.115. The van der Waals surface area contributed by atoms with Crippen molar-refractivity contribution in [2.24, 2.45) is 0 Å². The Balaban J connectivity index is 1.39. The van der Waals surface area contributed by atoms with Crippen LogP contribution in [0.3, 0.4) is 0 Å². The third-order valence-electron chi connectivity index (χ3n) is 5.09. The molecule has 0 atom stereocenters. The summed E-state index contributed by atoms with van der Waals surface area (Å²) in [4.78, 5) is 36.6. The van der Waals surface area contributed by atoms with E-state index in [4.69, 9.17) is 4.74 Å². The topological polar surface area (TPSA) is 114 Å². The van der Waals surface area contributed by atoms with Gasteiger partial charge in [-0.15, -0.1) is 0 Å². The molecule has 0 spiro atoms. The second kappa shape index (κ2) is 10.4. The molecule has 8 heteroatoms. The van der Waals surface area contributed by atoms with Crippen LogP contribution in [0, 0.1) is 6.92 Å². The van der Waals surface area contributed by atoms with Crippen molar-refractivity contribution in [2.45, 2.75) is 13.3 Å². The van der Waals surface area contributed by atoms with Gasteiger partial charge in [-0.05, 0) is 42.8 Å². The van der Waals surface area contributed by atoms with Crippen molar-refractivity contribution < 1.29 is 19.4 Å². The summed E-state index contributed by atoms with van der Waals surface area (Å²) in [6, 6.07) is 18.6. The fourth-order valence-corrected chi connectivity index (χ4v) is 3.27. The molecule has 8 nitrogen and oxygen atoms in total. The average Bonchev–Trinajstić information content (AvgIpc) is 2.86. The third-order valence-corrected chi connectivity index (χ3v) is 5.09. The zero-order valence-electron chi connectivity index (χ0n) is 18.4. The van der Waals surface area contributed by atoms with Crippen LogP contribution in [0.4, 0.5) is 5.69 Å². The number of carboxylic acids is 1. The van der Waals surface area contributed by atoms with Crippen LogP contribution in [0.25, 0.3) is 11.3 Å². The van der Waals surface area contributed by atoms with E-state index < -0.39 is 11.9 Å². The molecule has 2 heterocycles. The SMILES string of the molecule is Cc1ncc(-c2cncc(C(=O)Nc3ccc(OCCc4ccccc4)cc3)n2)cc1C(=O)O. The number of nitrogens with one attached hydrogen (secondary N) is 1. The van der Waals surface area contributed by atoms with Crippen molar-refractivity contribution in [1.82, 2.24) is 15.0 Å². The van der Waals surface area contributed by atoms with Crippen LogP contribution in [-0.4, -0.2) is 38.5 Å². The van der Waals surface area contributed by atoms with Crippen molar-refractivity contribution in [3.8, 4) is 17.0 Å². The monoisotopic (exact) mass is 454 g/mol. The molecule has 0 aliphatic rings. The maximum atomic E-state index is 12.7. The van der Waals surface area contributed by atoms with Crippen LogP contribution in [0.2, 0.25) is 0 Å². The lowest BCUT2D eigenvalue weighted by Gasteiger charge is -2.09. The number of aromatic carboxylic acids is 1. The highest BCUT2D eigenvalue weighted by Crippen LogP contribution is 2.20. The summed E-state index contributed by atoms with van der Waals surface area (Å²) in [6.07, 6.45) is 5.11. The van der Waals surface area contributed by atoms with Gasteiger partial charge in [-0.2, -0.15) is 0 Å². The molecule has 0 saturated carbocycles. The van der Waals surface area contributed by atoms with E-state index in [2.05, 4.69) is 32.4 Å². The summed E-state index contributed by atoms with van der Waals surface area (Å²) in [5.74, 6) is -0.816. The van der Waals surface area contributed by atoms with Crippen molar-refractivity contribution >= 4 is 17.6 Å². The lowest BCUT2D eigenvalue weighted by atomic mass is 10.1. The molecule has 1 amide bonds. The number of hydrogen-bond donors (Lipinski definition) is 2. The highest BCUT2D eigenvalue weighted by molar-refractivity contribution is 6.03. The number of benzene rings is 2. The summed E-state index contributed by atoms with van der Waals surface area (Å²) in [6.45, 7) is 2.16. The largest absolute Gasteiger partial charge is 0.493 e. The van der Waals surface area contributed by atoms with Gasteiger partial charge in [0, 0.05) is 23.9 Å². The molecule has 2 aromatic heterocycles. The minimum Gasteiger partial charge on any atom is -0.493 e. The summed E-state index contributed by atoms with van der Waals surface area (Å²) in [5, 5.41) is 12.1. The Bertz CT molecular complexity index is 1310. The van der Waals surface area contributed by atoms with E-state index in [1.807, 2.05) is 18.2 Å². The smallest absolute Gasteiger partial charge is 0.337 e. The van der Waals surface area contributed by atoms with Gasteiger partial charge in [0.2, 0.25) is 0 Å². The third kappa shape index (κ3) is 5.60. The van der Waals surface area contributed by atoms with Crippen molar-refractivity contribution in [1.29, 1.82) is 0 Å². The van der Waals surface area contributed by atoms with E-state index in [0.717, 1.165) is 6.42 Å². The molecule has 0 saturated heterocycles. The van der Waals surface area contributed by atoms with Crippen LogP contribution >= 0.6 is 0 Å². The highest BCUT2D eigenvalue weighted by Gasteiger charge is 2.14. The van der Waals surface area contributed by atoms with E-state index in [9.17, 15) is 14.7 Å². The fourth-order valence-electron chi connectivity index (χ4n) is 3.27. The van der Waals surface area contributed by atoms with Crippen LogP contribution in [0.5, 0.6) is 5.75 Å². The minimum atomic E-state index is -1.08. The standard InChI is InChI=1S/C26H22N4O4/c1-17-22(26(32)33)13-19(14-28-17)23-15-27-16-24(30-23)25(31)29-20-7-9-21(10-8-20)34-12-11-18-5-3-2-4-6-18/h2-10,13-16H,11-12H2,1H3,(H,29,31)(H,32,33). The molecule has 0 unspecified atom stereocenters. The number of carbonyl (C=O) groups is 2. The van der Waals surface area contributed by atoms with Crippen LogP contribution in [0.1, 0.15) is 32.1 Å². The van der Waals surface area contributed by atoms with Gasteiger partial charge in [-0.25, -0.2) is 9.78 Å². The molecule has 0 aliphatic carbocycles. The number of carboxylic acid groups (broad SMARTS) is 1. The molecular weight excluding hydrogens is 432 g/mol. The van der Waals surface area contributed by atoms with Crippen LogP contribution in [-0.2, 0) is 6.42 Å². The Morgan fingerprint density at radius 2 is 1.76 bits per heavy atom. The summed E-state index contributed by atoms with van der Waals surface area (Å²) in [5.41, 5.74) is 3.16. The summed E-state index contributed by atoms with van der Waals surface area (Å²) >= 11 is 0. The van der Waals surface area contributed by atoms with E-state index in [1.165, 1.54) is 30.2 Å². The summed E-state index contributed by atoms with van der Waals surface area (Å²) in [7, 11) is 0. The Kier molecular flexibility index (Phi) is 6.88. The van der Waals surface area contributed by atoms with Crippen LogP contribution in [0.15, 0.2) is 79.3 Å². The number of aromatic nitrogens is 3. The number of carbonyl (C=O) groups excluding carboxylic acids is 1. The number of amides is 1. The first kappa shape index (κ1) is 22.6. The predicted octanol–water partition coefficient (Wildman–Crippen LogP) is 4.42. The Hall–Kier alpha value is -4.59. The van der Waals surface area contributed by atoms with Crippen molar-refractivity contribution in [3.63, 3.8) is 0 Å². The number of aryl methyl sites for hydroxylation is 1. The summed E-state index contributed by atoms with van der Waals surface area (Å²) < 4.78 is 5.77. The molecule has 0 bridgehead atoms. The quantitative estimate of drug-likeness (QED) is 0.405. The van der Waals surface area contributed by atoms with E-state index in [1.54, 1.807) is 31.2 Å². The van der Waals surface area contributed by atoms with E-state index in [-0.39, 0.29) is 11.3 Å². The highest BCUT2D eigenvalue weighted by atomic mass is 16.5. The van der Waals surface area contributed by atoms with E-state index >= 15 is 0 Å². The van der Waals surface area contributed by atoms with Gasteiger partial charge in [0.1, 0.15) is 11.4 Å². The number of pyridine rings is 1. The first-order chi connectivity index (χ1) is 16.5. The zero-order valence-corrected chi connectivity index (χ0v) is 18.4. The maximum absolute atomic E-state index is 12.7. The van der Waals surface area contributed by atoms with Gasteiger partial charge in [-0.3, -0.25) is 14.8 Å². The number of hydrogen-bond acceptors (Lipinski definition) is 6. The Morgan fingerprint density at radius 1 is 1.00 bits per heavy atom. The molecule has 34 heavy (non-hydrogen) atoms. The number of rotatable bonds is 8. The molecule has 2 aromatic carbocycles. The number of nitrogens with zero attached hydrogens (tertiary/aromatic N) is 3. The Morgan fingerprint density at radius 3 is 2.50 bits per heavy atom. The zero-order chi connectivity index (χ0) is 23.9. The average molecular weight is 454 g/mol. The molecule has 170 valence electrons. The van der Waals surface area contributed by atoms with E-state index in [0.29, 0.717) is 35.0 Å². The van der Waals surface area contributed by atoms with Crippen LogP contribution < -0.4 is 10.1 Å². The van der Waals surface area contributed by atoms with Crippen molar-refractivity contribution in [2.75, 3.05) is 11.9 Å². The van der Waals surface area contributed by atoms with Gasteiger partial charge >= 0.3 is 5.97 Å². The second-order valence-corrected chi connectivity index (χ2v) is 7.51. The number of anilines is 1.